The number of aliphatic hydroxyl groups excluding tert-OH is 1. The molecule has 1 fully saturated rings. The second-order valence-electron chi connectivity index (χ2n) is 8.59. The highest BCUT2D eigenvalue weighted by Crippen LogP contribution is 2.29. The molecule has 0 radical (unpaired) electrons. The number of nitrogens with one attached hydrogen (secondary N) is 1. The zero-order chi connectivity index (χ0) is 19.9. The average molecular weight is 403 g/mol. The largest absolute Gasteiger partial charge is 0.512 e. The topological polar surface area (TPSA) is 35.5 Å². The summed E-state index contributed by atoms with van der Waals surface area (Å²) in [6, 6.07) is 8.88. The van der Waals surface area contributed by atoms with Gasteiger partial charge in [0.2, 0.25) is 0 Å². The van der Waals surface area contributed by atoms with Crippen LogP contribution in [0.4, 0.5) is 0 Å². The molecule has 4 heteroatoms. The molecule has 2 aliphatic rings. The van der Waals surface area contributed by atoms with E-state index in [4.69, 9.17) is 11.6 Å². The Hall–Kier alpha value is -1.29. The van der Waals surface area contributed by atoms with Gasteiger partial charge >= 0.3 is 0 Å². The van der Waals surface area contributed by atoms with Gasteiger partial charge in [-0.1, -0.05) is 49.7 Å². The Balaban J connectivity index is 1.44. The highest BCUT2D eigenvalue weighted by molar-refractivity contribution is 6.30. The molecule has 3 rings (SSSR count). The van der Waals surface area contributed by atoms with Gasteiger partial charge in [0.05, 0.1) is 5.76 Å². The lowest BCUT2D eigenvalue weighted by Crippen LogP contribution is -2.46. The van der Waals surface area contributed by atoms with Gasteiger partial charge in [0.1, 0.15) is 0 Å². The van der Waals surface area contributed by atoms with Crippen molar-refractivity contribution in [2.45, 2.75) is 57.9 Å². The second kappa shape index (κ2) is 10.5. The van der Waals surface area contributed by atoms with E-state index in [1.807, 2.05) is 12.1 Å². The van der Waals surface area contributed by atoms with E-state index in [-0.39, 0.29) is 0 Å². The monoisotopic (exact) mass is 402 g/mol. The zero-order valence-corrected chi connectivity index (χ0v) is 18.1. The van der Waals surface area contributed by atoms with Gasteiger partial charge in [-0.2, -0.15) is 0 Å². The van der Waals surface area contributed by atoms with E-state index in [1.54, 1.807) is 0 Å². The van der Waals surface area contributed by atoms with Crippen LogP contribution in [0.3, 0.4) is 0 Å². The molecule has 2 N–H and O–H groups in total. The number of rotatable bonds is 8. The fourth-order valence-electron chi connectivity index (χ4n) is 4.30. The van der Waals surface area contributed by atoms with Gasteiger partial charge in [0.15, 0.2) is 0 Å². The molecule has 0 saturated carbocycles. The molecular formula is C24H35ClN2O. The fourth-order valence-corrected chi connectivity index (χ4v) is 4.42. The first kappa shape index (κ1) is 21.4. The van der Waals surface area contributed by atoms with Crippen molar-refractivity contribution in [2.75, 3.05) is 26.2 Å². The standard InChI is InChI=1S/C24H35ClN2O/c1-18(2)23(26-14-11-21-5-3-4-6-24(21)28)17-27-15-12-20(13-16-27)19-7-9-22(25)10-8-19/h3,5,7-10,18,20,23,26,28H,4,6,11-17H2,1-2H3/t23-/m0/s1. The van der Waals surface area contributed by atoms with Crippen molar-refractivity contribution < 1.29 is 5.11 Å². The number of benzene rings is 1. The summed E-state index contributed by atoms with van der Waals surface area (Å²) in [5, 5.41) is 14.6. The third-order valence-corrected chi connectivity index (χ3v) is 6.48. The maximum atomic E-state index is 10.0. The summed E-state index contributed by atoms with van der Waals surface area (Å²) in [5.74, 6) is 1.83. The molecule has 154 valence electrons. The first-order chi connectivity index (χ1) is 13.5. The van der Waals surface area contributed by atoms with Crippen molar-refractivity contribution in [3.63, 3.8) is 0 Å². The van der Waals surface area contributed by atoms with Gasteiger partial charge in [-0.15, -0.1) is 0 Å². The summed E-state index contributed by atoms with van der Waals surface area (Å²) in [6.45, 7) is 8.95. The van der Waals surface area contributed by atoms with Crippen molar-refractivity contribution in [2.24, 2.45) is 5.92 Å². The predicted molar refractivity (Wildman–Crippen MR) is 119 cm³/mol. The van der Waals surface area contributed by atoms with Gasteiger partial charge in [0.25, 0.3) is 0 Å². The molecule has 0 amide bonds. The average Bonchev–Trinajstić information content (AvgIpc) is 2.70. The minimum absolute atomic E-state index is 0.488. The molecule has 1 heterocycles. The maximum absolute atomic E-state index is 10.0. The molecule has 0 spiro atoms. The summed E-state index contributed by atoms with van der Waals surface area (Å²) in [7, 11) is 0. The van der Waals surface area contributed by atoms with E-state index in [0.29, 0.717) is 23.6 Å². The molecule has 0 bridgehead atoms. The molecule has 1 aromatic carbocycles. The minimum Gasteiger partial charge on any atom is -0.512 e. The molecule has 1 saturated heterocycles. The highest BCUT2D eigenvalue weighted by Gasteiger charge is 2.24. The molecule has 3 nitrogen and oxygen atoms in total. The van der Waals surface area contributed by atoms with Crippen LogP contribution in [0.2, 0.25) is 5.02 Å². The zero-order valence-electron chi connectivity index (χ0n) is 17.3. The van der Waals surface area contributed by atoms with Crippen LogP contribution in [-0.2, 0) is 0 Å². The first-order valence-corrected chi connectivity index (χ1v) is 11.2. The number of allylic oxidation sites excluding steroid dienone is 3. The van der Waals surface area contributed by atoms with E-state index in [2.05, 4.69) is 48.3 Å². The van der Waals surface area contributed by atoms with Crippen LogP contribution in [0, 0.1) is 5.92 Å². The van der Waals surface area contributed by atoms with E-state index < -0.39 is 0 Å². The SMILES string of the molecule is CC(C)[C@H](CN1CCC(c2ccc(Cl)cc2)CC1)NCCC1=C(O)CCC=C1. The Morgan fingerprint density at radius 1 is 1.18 bits per heavy atom. The van der Waals surface area contributed by atoms with Crippen molar-refractivity contribution in [3.8, 4) is 0 Å². The van der Waals surface area contributed by atoms with Crippen LogP contribution in [0.15, 0.2) is 47.7 Å². The Morgan fingerprint density at radius 2 is 1.89 bits per heavy atom. The Labute approximate surface area is 175 Å². The van der Waals surface area contributed by atoms with Crippen LogP contribution >= 0.6 is 11.6 Å². The van der Waals surface area contributed by atoms with Crippen molar-refractivity contribution in [3.05, 3.63) is 58.3 Å². The summed E-state index contributed by atoms with van der Waals surface area (Å²) in [5.41, 5.74) is 2.53. The van der Waals surface area contributed by atoms with Gasteiger partial charge < -0.3 is 15.3 Å². The number of halogens is 1. The summed E-state index contributed by atoms with van der Waals surface area (Å²) in [4.78, 5) is 2.61. The van der Waals surface area contributed by atoms with E-state index in [0.717, 1.165) is 56.0 Å². The number of likely N-dealkylation sites (tertiary alicyclic amines) is 1. The molecule has 0 aromatic heterocycles. The maximum Gasteiger partial charge on any atom is 0.0957 e. The van der Waals surface area contributed by atoms with E-state index in [9.17, 15) is 5.11 Å². The lowest BCUT2D eigenvalue weighted by molar-refractivity contribution is 0.176. The molecular weight excluding hydrogens is 368 g/mol. The highest BCUT2D eigenvalue weighted by atomic mass is 35.5. The molecule has 0 unspecified atom stereocenters. The third-order valence-electron chi connectivity index (χ3n) is 6.23. The third kappa shape index (κ3) is 6.10. The van der Waals surface area contributed by atoms with Crippen LogP contribution in [-0.4, -0.2) is 42.2 Å². The first-order valence-electron chi connectivity index (χ1n) is 10.8. The quantitative estimate of drug-likeness (QED) is 0.586. The smallest absolute Gasteiger partial charge is 0.0957 e. The molecule has 28 heavy (non-hydrogen) atoms. The number of aliphatic hydroxyl groups is 1. The molecule has 1 atom stereocenters. The summed E-state index contributed by atoms with van der Waals surface area (Å²) in [6.07, 6.45) is 9.36. The van der Waals surface area contributed by atoms with Crippen LogP contribution in [0.5, 0.6) is 0 Å². The van der Waals surface area contributed by atoms with Crippen LogP contribution in [0.1, 0.15) is 57.4 Å². The Bertz CT molecular complexity index is 672. The minimum atomic E-state index is 0.488. The van der Waals surface area contributed by atoms with E-state index in [1.165, 1.54) is 18.4 Å². The normalized spacial score (nSPS) is 20.1. The van der Waals surface area contributed by atoms with Gasteiger partial charge in [-0.25, -0.2) is 0 Å². The predicted octanol–water partition coefficient (Wildman–Crippen LogP) is 5.69. The summed E-state index contributed by atoms with van der Waals surface area (Å²) < 4.78 is 0. The number of piperidine rings is 1. The number of nitrogens with zero attached hydrogens (tertiary/aromatic N) is 1. The summed E-state index contributed by atoms with van der Waals surface area (Å²) >= 11 is 6.02. The number of hydrogen-bond acceptors (Lipinski definition) is 3. The lowest BCUT2D eigenvalue weighted by Gasteiger charge is -2.36. The van der Waals surface area contributed by atoms with Gasteiger partial charge in [-0.05, 0) is 80.4 Å². The Morgan fingerprint density at radius 3 is 2.54 bits per heavy atom. The Kier molecular flexibility index (Phi) is 8.01. The van der Waals surface area contributed by atoms with Gasteiger partial charge in [0, 0.05) is 24.0 Å². The molecule has 1 aromatic rings. The van der Waals surface area contributed by atoms with Gasteiger partial charge in [-0.3, -0.25) is 0 Å². The van der Waals surface area contributed by atoms with Crippen molar-refractivity contribution >= 4 is 11.6 Å². The van der Waals surface area contributed by atoms with Crippen molar-refractivity contribution in [1.29, 1.82) is 0 Å². The second-order valence-corrected chi connectivity index (χ2v) is 9.03. The molecule has 1 aliphatic heterocycles. The van der Waals surface area contributed by atoms with Crippen molar-refractivity contribution in [1.82, 2.24) is 10.2 Å². The fraction of sp³-hybridized carbons (Fsp3) is 0.583. The van der Waals surface area contributed by atoms with Crippen LogP contribution < -0.4 is 5.32 Å². The lowest BCUT2D eigenvalue weighted by atomic mass is 9.89. The number of hydrogen-bond donors (Lipinski definition) is 2. The molecule has 1 aliphatic carbocycles. The van der Waals surface area contributed by atoms with E-state index >= 15 is 0 Å². The van der Waals surface area contributed by atoms with Crippen LogP contribution in [0.25, 0.3) is 0 Å².